The van der Waals surface area contributed by atoms with Gasteiger partial charge in [-0.05, 0) is 42.5 Å². The Kier molecular flexibility index (Phi) is 5.81. The van der Waals surface area contributed by atoms with E-state index < -0.39 is 11.7 Å². The maximum atomic E-state index is 12.9. The van der Waals surface area contributed by atoms with E-state index in [1.807, 2.05) is 11.9 Å². The summed E-state index contributed by atoms with van der Waals surface area (Å²) in [6, 6.07) is 5.38. The minimum Gasteiger partial charge on any atom is -0.379 e. The number of ether oxygens (including phenoxy) is 1. The number of aromatic nitrogens is 2. The van der Waals surface area contributed by atoms with E-state index in [0.717, 1.165) is 85.1 Å². The van der Waals surface area contributed by atoms with E-state index in [9.17, 15) is 13.2 Å². The molecule has 0 atom stereocenters. The first-order valence-corrected chi connectivity index (χ1v) is 11.7. The van der Waals surface area contributed by atoms with Gasteiger partial charge in [-0.15, -0.1) is 11.3 Å². The fourth-order valence-corrected chi connectivity index (χ4v) is 5.75. The number of alkyl halides is 3. The van der Waals surface area contributed by atoms with Crippen LogP contribution in [0.2, 0.25) is 0 Å². The van der Waals surface area contributed by atoms with E-state index in [1.54, 1.807) is 23.5 Å². The number of fused-ring (bicyclic) bond motifs is 3. The number of hydrogen-bond donors (Lipinski definition) is 0. The van der Waals surface area contributed by atoms with Gasteiger partial charge in [0.1, 0.15) is 16.5 Å². The summed E-state index contributed by atoms with van der Waals surface area (Å²) >= 11 is 1.76. The molecule has 1 aliphatic heterocycles. The molecule has 0 radical (unpaired) electrons. The molecule has 9 heteroatoms. The summed E-state index contributed by atoms with van der Waals surface area (Å²) in [6.07, 6.45) is -1.07. The number of benzene rings is 1. The van der Waals surface area contributed by atoms with Crippen LogP contribution < -0.4 is 4.90 Å². The molecule has 1 aliphatic carbocycles. The molecular formula is C23H25F3N4OS. The first-order valence-electron chi connectivity index (χ1n) is 10.9. The van der Waals surface area contributed by atoms with Crippen LogP contribution in [0.1, 0.15) is 33.8 Å². The van der Waals surface area contributed by atoms with Crippen LogP contribution in [0, 0.1) is 0 Å². The zero-order valence-electron chi connectivity index (χ0n) is 17.9. The molecule has 5 rings (SSSR count). The third-order valence-corrected chi connectivity index (χ3v) is 7.31. The van der Waals surface area contributed by atoms with Crippen molar-refractivity contribution < 1.29 is 17.9 Å². The average Bonchev–Trinajstić information content (AvgIpc) is 3.35. The molecule has 0 saturated carbocycles. The second-order valence-corrected chi connectivity index (χ2v) is 9.52. The topological polar surface area (TPSA) is 41.5 Å². The van der Waals surface area contributed by atoms with Gasteiger partial charge in [0.25, 0.3) is 0 Å². The van der Waals surface area contributed by atoms with Gasteiger partial charge in [-0.25, -0.2) is 9.97 Å². The Hall–Kier alpha value is -2.23. The van der Waals surface area contributed by atoms with Gasteiger partial charge in [-0.3, -0.25) is 4.90 Å². The standard InChI is InChI=1S/C23H25F3N4OS/c1-29(13-15-5-7-16(8-6-15)23(24,25)26)21-20-17-3-2-4-18(17)32-22(20)28-19(27-21)14-30-9-11-31-12-10-30/h5-8H,2-4,9-14H2,1H3. The number of thiophene rings is 1. The zero-order chi connectivity index (χ0) is 22.3. The zero-order valence-corrected chi connectivity index (χ0v) is 18.7. The van der Waals surface area contributed by atoms with Crippen LogP contribution in [-0.4, -0.2) is 48.2 Å². The number of rotatable bonds is 5. The van der Waals surface area contributed by atoms with Crippen molar-refractivity contribution in [2.75, 3.05) is 38.3 Å². The molecule has 1 fully saturated rings. The number of hydrogen-bond acceptors (Lipinski definition) is 6. The minimum absolute atomic E-state index is 0.478. The maximum absolute atomic E-state index is 12.9. The van der Waals surface area contributed by atoms with Crippen molar-refractivity contribution in [3.8, 4) is 0 Å². The summed E-state index contributed by atoms with van der Waals surface area (Å²) in [4.78, 5) is 16.6. The fraction of sp³-hybridized carbons (Fsp3) is 0.478. The highest BCUT2D eigenvalue weighted by Gasteiger charge is 2.30. The lowest BCUT2D eigenvalue weighted by Gasteiger charge is -2.26. The van der Waals surface area contributed by atoms with Gasteiger partial charge in [-0.2, -0.15) is 13.2 Å². The molecule has 1 saturated heterocycles. The highest BCUT2D eigenvalue weighted by Crippen LogP contribution is 2.40. The molecule has 2 aliphatic rings. The molecule has 1 aromatic carbocycles. The third kappa shape index (κ3) is 4.33. The predicted molar refractivity (Wildman–Crippen MR) is 119 cm³/mol. The molecule has 5 nitrogen and oxygen atoms in total. The van der Waals surface area contributed by atoms with Crippen molar-refractivity contribution in [1.29, 1.82) is 0 Å². The van der Waals surface area contributed by atoms with Gasteiger partial charge < -0.3 is 9.64 Å². The van der Waals surface area contributed by atoms with Crippen LogP contribution >= 0.6 is 11.3 Å². The smallest absolute Gasteiger partial charge is 0.379 e. The lowest BCUT2D eigenvalue weighted by molar-refractivity contribution is -0.137. The van der Waals surface area contributed by atoms with Crippen molar-refractivity contribution in [1.82, 2.24) is 14.9 Å². The molecule has 0 N–H and O–H groups in total. The SMILES string of the molecule is CN(Cc1ccc(C(F)(F)F)cc1)c1nc(CN2CCOCC2)nc2sc3c(c12)CCC3. The molecule has 0 amide bonds. The van der Waals surface area contributed by atoms with E-state index in [2.05, 4.69) is 4.90 Å². The van der Waals surface area contributed by atoms with Gasteiger partial charge >= 0.3 is 6.18 Å². The van der Waals surface area contributed by atoms with Crippen LogP contribution in [0.5, 0.6) is 0 Å². The normalized spacial score (nSPS) is 17.1. The molecular weight excluding hydrogens is 437 g/mol. The molecule has 2 aromatic heterocycles. The van der Waals surface area contributed by atoms with Crippen molar-refractivity contribution in [2.24, 2.45) is 0 Å². The number of aryl methyl sites for hydroxylation is 2. The first kappa shape index (κ1) is 21.6. The molecule has 3 heterocycles. The van der Waals surface area contributed by atoms with Crippen LogP contribution in [0.4, 0.5) is 19.0 Å². The number of morpholine rings is 1. The number of anilines is 1. The van der Waals surface area contributed by atoms with Gasteiger partial charge in [0.2, 0.25) is 0 Å². The molecule has 0 spiro atoms. The van der Waals surface area contributed by atoms with Gasteiger partial charge in [0.05, 0.1) is 30.7 Å². The van der Waals surface area contributed by atoms with Gasteiger partial charge in [0, 0.05) is 31.6 Å². The highest BCUT2D eigenvalue weighted by atomic mass is 32.1. The Morgan fingerprint density at radius 1 is 1.09 bits per heavy atom. The van der Waals surface area contributed by atoms with Gasteiger partial charge in [0.15, 0.2) is 0 Å². The molecule has 3 aromatic rings. The summed E-state index contributed by atoms with van der Waals surface area (Å²) < 4.78 is 44.2. The average molecular weight is 463 g/mol. The van der Waals surface area contributed by atoms with Crippen molar-refractivity contribution in [3.63, 3.8) is 0 Å². The fourth-order valence-electron chi connectivity index (χ4n) is 4.47. The first-order chi connectivity index (χ1) is 15.4. The van der Waals surface area contributed by atoms with E-state index in [-0.39, 0.29) is 0 Å². The van der Waals surface area contributed by atoms with E-state index in [1.165, 1.54) is 10.4 Å². The summed E-state index contributed by atoms with van der Waals surface area (Å²) in [6.45, 7) is 4.30. The lowest BCUT2D eigenvalue weighted by atomic mass is 10.1. The highest BCUT2D eigenvalue weighted by molar-refractivity contribution is 7.19. The van der Waals surface area contributed by atoms with Crippen molar-refractivity contribution in [3.05, 3.63) is 51.7 Å². The minimum atomic E-state index is -4.32. The van der Waals surface area contributed by atoms with Gasteiger partial charge in [-0.1, -0.05) is 12.1 Å². The summed E-state index contributed by atoms with van der Waals surface area (Å²) in [5.41, 5.74) is 1.53. The van der Waals surface area contributed by atoms with Crippen molar-refractivity contribution in [2.45, 2.75) is 38.5 Å². The molecule has 32 heavy (non-hydrogen) atoms. The summed E-state index contributed by atoms with van der Waals surface area (Å²) in [5, 5.41) is 1.11. The Labute approximate surface area is 188 Å². The second-order valence-electron chi connectivity index (χ2n) is 8.44. The Bertz CT molecular complexity index is 1110. The number of halogens is 3. The van der Waals surface area contributed by atoms with Crippen LogP contribution in [0.15, 0.2) is 24.3 Å². The van der Waals surface area contributed by atoms with Crippen LogP contribution in [0.3, 0.4) is 0 Å². The Morgan fingerprint density at radius 3 is 2.56 bits per heavy atom. The Morgan fingerprint density at radius 2 is 1.84 bits per heavy atom. The lowest BCUT2D eigenvalue weighted by Crippen LogP contribution is -2.36. The van der Waals surface area contributed by atoms with E-state index in [0.29, 0.717) is 13.1 Å². The van der Waals surface area contributed by atoms with E-state index in [4.69, 9.17) is 14.7 Å². The monoisotopic (exact) mass is 462 g/mol. The third-order valence-electron chi connectivity index (χ3n) is 6.12. The Balaban J connectivity index is 1.46. The number of nitrogens with zero attached hydrogens (tertiary/aromatic N) is 4. The van der Waals surface area contributed by atoms with Crippen molar-refractivity contribution >= 4 is 27.4 Å². The van der Waals surface area contributed by atoms with E-state index >= 15 is 0 Å². The van der Waals surface area contributed by atoms with Crippen LogP contribution in [-0.2, 0) is 36.8 Å². The summed E-state index contributed by atoms with van der Waals surface area (Å²) in [7, 11) is 1.96. The summed E-state index contributed by atoms with van der Waals surface area (Å²) in [5.74, 6) is 1.66. The molecule has 0 unspecified atom stereocenters. The second kappa shape index (κ2) is 8.61. The molecule has 170 valence electrons. The predicted octanol–water partition coefficient (Wildman–Crippen LogP) is 4.67. The largest absolute Gasteiger partial charge is 0.416 e. The maximum Gasteiger partial charge on any atom is 0.416 e. The van der Waals surface area contributed by atoms with Crippen LogP contribution in [0.25, 0.3) is 10.2 Å². The molecule has 0 bridgehead atoms. The quantitative estimate of drug-likeness (QED) is 0.551.